The Labute approximate surface area is 145 Å². The zero-order valence-electron chi connectivity index (χ0n) is 14.9. The van der Waals surface area contributed by atoms with Gasteiger partial charge in [0.25, 0.3) is 0 Å². The quantitative estimate of drug-likeness (QED) is 0.681. The standard InChI is InChI=1S/C20H30NO3/c1-21(2)14-13-18(15-21)24-19(22)20(23,16-9-5-3-6-10-16)17-11-7-4-8-12-17/h3,5-6,9-10,17-18,23H,4,7-8,11-15H2,1-2H3/q+1/t18?,20-/m1/s1. The van der Waals surface area contributed by atoms with Gasteiger partial charge in [0.15, 0.2) is 11.7 Å². The van der Waals surface area contributed by atoms with Crippen LogP contribution in [0.3, 0.4) is 0 Å². The first kappa shape index (κ1) is 17.4. The molecule has 4 heteroatoms. The molecule has 1 saturated carbocycles. The molecule has 3 rings (SSSR count). The molecule has 1 saturated heterocycles. The summed E-state index contributed by atoms with van der Waals surface area (Å²) >= 11 is 0. The summed E-state index contributed by atoms with van der Waals surface area (Å²) in [6.45, 7) is 1.83. The van der Waals surface area contributed by atoms with E-state index in [9.17, 15) is 9.90 Å². The van der Waals surface area contributed by atoms with Crippen molar-refractivity contribution in [2.24, 2.45) is 5.92 Å². The average Bonchev–Trinajstić information content (AvgIpc) is 2.94. The number of benzene rings is 1. The fourth-order valence-electron chi connectivity index (χ4n) is 4.30. The second-order valence-corrected chi connectivity index (χ2v) is 8.13. The molecule has 0 bridgehead atoms. The van der Waals surface area contributed by atoms with E-state index in [2.05, 4.69) is 14.1 Å². The minimum absolute atomic E-state index is 0.0509. The van der Waals surface area contributed by atoms with E-state index in [1.807, 2.05) is 30.3 Å². The Bertz CT molecular complexity index is 566. The summed E-state index contributed by atoms with van der Waals surface area (Å²) in [4.78, 5) is 13.1. The van der Waals surface area contributed by atoms with Crippen LogP contribution < -0.4 is 0 Å². The molecule has 1 aliphatic heterocycles. The van der Waals surface area contributed by atoms with Crippen LogP contribution in [0, 0.1) is 5.92 Å². The number of nitrogens with zero attached hydrogens (tertiary/aromatic N) is 1. The maximum atomic E-state index is 13.1. The van der Waals surface area contributed by atoms with Crippen LogP contribution in [0.25, 0.3) is 0 Å². The lowest BCUT2D eigenvalue weighted by molar-refractivity contribution is -0.879. The number of hydrogen-bond acceptors (Lipinski definition) is 3. The first-order valence-corrected chi connectivity index (χ1v) is 9.23. The third-order valence-electron chi connectivity index (χ3n) is 5.75. The molecule has 1 aromatic carbocycles. The summed E-state index contributed by atoms with van der Waals surface area (Å²) in [5, 5.41) is 11.5. The molecule has 1 heterocycles. The number of hydrogen-bond donors (Lipinski definition) is 1. The van der Waals surface area contributed by atoms with Gasteiger partial charge in [-0.2, -0.15) is 0 Å². The van der Waals surface area contributed by atoms with Gasteiger partial charge in [0.05, 0.1) is 20.6 Å². The molecule has 0 spiro atoms. The van der Waals surface area contributed by atoms with E-state index in [1.54, 1.807) is 0 Å². The van der Waals surface area contributed by atoms with E-state index >= 15 is 0 Å². The number of aliphatic hydroxyl groups is 1. The van der Waals surface area contributed by atoms with Gasteiger partial charge in [-0.05, 0) is 18.4 Å². The number of carbonyl (C=O) groups excluding carboxylic acids is 1. The highest BCUT2D eigenvalue weighted by Gasteiger charge is 2.48. The first-order valence-electron chi connectivity index (χ1n) is 9.23. The smallest absolute Gasteiger partial charge is 0.343 e. The number of quaternary nitrogens is 1. The van der Waals surface area contributed by atoms with E-state index in [4.69, 9.17) is 4.74 Å². The molecule has 1 aromatic rings. The van der Waals surface area contributed by atoms with Crippen LogP contribution in [0.2, 0.25) is 0 Å². The lowest BCUT2D eigenvalue weighted by atomic mass is 9.73. The van der Waals surface area contributed by atoms with Gasteiger partial charge < -0.3 is 14.3 Å². The largest absolute Gasteiger partial charge is 0.454 e. The van der Waals surface area contributed by atoms with Crippen molar-refractivity contribution >= 4 is 5.97 Å². The minimum atomic E-state index is -1.51. The SMILES string of the molecule is C[N+]1(C)CCC(OC(=O)[C@@](O)(c2ccccc2)C2CCCCC2)C1. The summed E-state index contributed by atoms with van der Waals surface area (Å²) < 4.78 is 6.68. The van der Waals surface area contributed by atoms with Crippen molar-refractivity contribution in [3.63, 3.8) is 0 Å². The van der Waals surface area contributed by atoms with Crippen LogP contribution in [0.1, 0.15) is 44.1 Å². The molecule has 2 aliphatic rings. The molecule has 0 radical (unpaired) electrons. The van der Waals surface area contributed by atoms with Crippen molar-refractivity contribution in [3.05, 3.63) is 35.9 Å². The molecule has 0 aromatic heterocycles. The van der Waals surface area contributed by atoms with Crippen molar-refractivity contribution in [3.8, 4) is 0 Å². The number of likely N-dealkylation sites (N-methyl/N-ethyl adjacent to an activating group) is 1. The molecule has 1 N–H and O–H groups in total. The van der Waals surface area contributed by atoms with Gasteiger partial charge in [-0.25, -0.2) is 4.79 Å². The van der Waals surface area contributed by atoms with E-state index in [0.717, 1.165) is 49.7 Å². The lowest BCUT2D eigenvalue weighted by Crippen LogP contribution is -2.47. The van der Waals surface area contributed by atoms with Gasteiger partial charge in [-0.15, -0.1) is 0 Å². The van der Waals surface area contributed by atoms with Crippen LogP contribution in [0.5, 0.6) is 0 Å². The highest BCUT2D eigenvalue weighted by molar-refractivity contribution is 5.81. The van der Waals surface area contributed by atoms with E-state index in [1.165, 1.54) is 6.42 Å². The van der Waals surface area contributed by atoms with Crippen LogP contribution in [-0.4, -0.2) is 48.8 Å². The van der Waals surface area contributed by atoms with E-state index < -0.39 is 11.6 Å². The second kappa shape index (κ2) is 6.85. The fraction of sp³-hybridized carbons (Fsp3) is 0.650. The van der Waals surface area contributed by atoms with Gasteiger partial charge >= 0.3 is 5.97 Å². The molecular formula is C20H30NO3+. The molecule has 1 aliphatic carbocycles. The second-order valence-electron chi connectivity index (χ2n) is 8.13. The Morgan fingerprint density at radius 2 is 1.79 bits per heavy atom. The van der Waals surface area contributed by atoms with Crippen LogP contribution >= 0.6 is 0 Å². The Balaban J connectivity index is 1.83. The predicted molar refractivity (Wildman–Crippen MR) is 93.3 cm³/mol. The molecular weight excluding hydrogens is 302 g/mol. The van der Waals surface area contributed by atoms with Crippen LogP contribution in [0.4, 0.5) is 0 Å². The van der Waals surface area contributed by atoms with Crippen molar-refractivity contribution in [1.29, 1.82) is 0 Å². The number of rotatable bonds is 4. The molecule has 1 unspecified atom stereocenters. The van der Waals surface area contributed by atoms with Gasteiger partial charge in [0, 0.05) is 12.3 Å². The highest BCUT2D eigenvalue weighted by Crippen LogP contribution is 2.40. The zero-order chi connectivity index (χ0) is 17.2. The van der Waals surface area contributed by atoms with Crippen molar-refractivity contribution in [1.82, 2.24) is 0 Å². The molecule has 2 atom stereocenters. The number of carbonyl (C=O) groups is 1. The highest BCUT2D eigenvalue weighted by atomic mass is 16.6. The summed E-state index contributed by atoms with van der Waals surface area (Å²) in [5.41, 5.74) is -0.838. The fourth-order valence-corrected chi connectivity index (χ4v) is 4.30. The lowest BCUT2D eigenvalue weighted by Gasteiger charge is -2.37. The van der Waals surface area contributed by atoms with Crippen LogP contribution in [-0.2, 0) is 15.1 Å². The molecule has 0 amide bonds. The van der Waals surface area contributed by atoms with Crippen LogP contribution in [0.15, 0.2) is 30.3 Å². The Morgan fingerprint density at radius 1 is 1.12 bits per heavy atom. The summed E-state index contributed by atoms with van der Waals surface area (Å²) in [5.74, 6) is -0.502. The van der Waals surface area contributed by atoms with E-state index in [0.29, 0.717) is 5.56 Å². The molecule has 2 fully saturated rings. The molecule has 24 heavy (non-hydrogen) atoms. The van der Waals surface area contributed by atoms with Gasteiger partial charge in [-0.3, -0.25) is 0 Å². The summed E-state index contributed by atoms with van der Waals surface area (Å²) in [6, 6.07) is 9.38. The molecule has 4 nitrogen and oxygen atoms in total. The maximum absolute atomic E-state index is 13.1. The van der Waals surface area contributed by atoms with Gasteiger partial charge in [0.1, 0.15) is 6.54 Å². The van der Waals surface area contributed by atoms with Crippen molar-refractivity contribution in [2.75, 3.05) is 27.2 Å². The Kier molecular flexibility index (Phi) is 4.97. The molecule has 132 valence electrons. The van der Waals surface area contributed by atoms with Gasteiger partial charge in [0.2, 0.25) is 0 Å². The average molecular weight is 332 g/mol. The van der Waals surface area contributed by atoms with Crippen molar-refractivity contribution in [2.45, 2.75) is 50.2 Å². The predicted octanol–water partition coefficient (Wildman–Crippen LogP) is 2.85. The maximum Gasteiger partial charge on any atom is 0.343 e. The Morgan fingerprint density at radius 3 is 2.38 bits per heavy atom. The minimum Gasteiger partial charge on any atom is -0.454 e. The number of ether oxygens (including phenoxy) is 1. The topological polar surface area (TPSA) is 46.5 Å². The summed E-state index contributed by atoms with van der Waals surface area (Å²) in [6.07, 6.45) is 5.87. The normalized spacial score (nSPS) is 26.7. The zero-order valence-corrected chi connectivity index (χ0v) is 14.9. The van der Waals surface area contributed by atoms with E-state index in [-0.39, 0.29) is 12.0 Å². The summed E-state index contributed by atoms with van der Waals surface area (Å²) in [7, 11) is 4.30. The van der Waals surface area contributed by atoms with Crippen molar-refractivity contribution < 1.29 is 19.1 Å². The first-order chi connectivity index (χ1) is 11.4. The number of esters is 1. The third-order valence-corrected chi connectivity index (χ3v) is 5.75. The Hall–Kier alpha value is -1.39. The van der Waals surface area contributed by atoms with Gasteiger partial charge in [-0.1, -0.05) is 49.6 Å². The number of likely N-dealkylation sites (tertiary alicyclic amines) is 1. The monoisotopic (exact) mass is 332 g/mol. The third kappa shape index (κ3) is 3.50.